The lowest BCUT2D eigenvalue weighted by molar-refractivity contribution is -0.0585. The number of nitrogens with one attached hydrogen (secondary N) is 1. The van der Waals surface area contributed by atoms with Gasteiger partial charge >= 0.3 is 0 Å². The Kier molecular flexibility index (Phi) is 5.83. The molecule has 0 atom stereocenters. The van der Waals surface area contributed by atoms with Crippen LogP contribution in [-0.2, 0) is 9.47 Å². The third-order valence-electron chi connectivity index (χ3n) is 5.20. The number of anilines is 2. The monoisotopic (exact) mass is 481 g/mol. The molecule has 0 saturated carbocycles. The SMILES string of the molecule is COc1cc(Nc2cc(C#N)nc3cc(-c4ccc(C5OCCO5)o4)ccc23)c(Cl)cc1Cl. The number of fused-ring (bicyclic) bond motifs is 1. The second-order valence-corrected chi connectivity index (χ2v) is 8.08. The van der Waals surface area contributed by atoms with E-state index in [9.17, 15) is 5.26 Å². The van der Waals surface area contributed by atoms with Gasteiger partial charge in [0.15, 0.2) is 5.76 Å². The van der Waals surface area contributed by atoms with E-state index in [0.717, 1.165) is 10.9 Å². The summed E-state index contributed by atoms with van der Waals surface area (Å²) >= 11 is 12.5. The maximum absolute atomic E-state index is 9.52. The molecule has 4 aromatic rings. The highest BCUT2D eigenvalue weighted by atomic mass is 35.5. The molecule has 0 unspecified atom stereocenters. The van der Waals surface area contributed by atoms with E-state index in [4.69, 9.17) is 41.8 Å². The summed E-state index contributed by atoms with van der Waals surface area (Å²) in [6.45, 7) is 1.08. The number of pyridine rings is 1. The highest BCUT2D eigenvalue weighted by Crippen LogP contribution is 2.38. The van der Waals surface area contributed by atoms with Crippen LogP contribution in [0.1, 0.15) is 17.7 Å². The number of halogens is 2. The molecule has 1 aliphatic rings. The van der Waals surface area contributed by atoms with Gasteiger partial charge in [0, 0.05) is 17.0 Å². The van der Waals surface area contributed by atoms with Crippen LogP contribution in [0.5, 0.6) is 5.75 Å². The number of ether oxygens (including phenoxy) is 3. The summed E-state index contributed by atoms with van der Waals surface area (Å²) < 4.78 is 22.2. The number of furan rings is 1. The highest BCUT2D eigenvalue weighted by molar-refractivity contribution is 6.37. The topological polar surface area (TPSA) is 89.5 Å². The Hall–Kier alpha value is -3.28. The van der Waals surface area contributed by atoms with Crippen molar-refractivity contribution >= 4 is 45.5 Å². The molecule has 1 saturated heterocycles. The van der Waals surface area contributed by atoms with E-state index in [1.54, 1.807) is 18.2 Å². The van der Waals surface area contributed by atoms with Gasteiger partial charge in [0.1, 0.15) is 23.3 Å². The van der Waals surface area contributed by atoms with E-state index in [1.807, 2.05) is 30.3 Å². The largest absolute Gasteiger partial charge is 0.495 e. The predicted octanol–water partition coefficient (Wildman–Crippen LogP) is 6.47. The summed E-state index contributed by atoms with van der Waals surface area (Å²) in [7, 11) is 1.53. The van der Waals surface area contributed by atoms with Gasteiger partial charge in [0.2, 0.25) is 6.29 Å². The summed E-state index contributed by atoms with van der Waals surface area (Å²) in [4.78, 5) is 4.47. The van der Waals surface area contributed by atoms with Crippen LogP contribution in [0.25, 0.3) is 22.2 Å². The quantitative estimate of drug-likeness (QED) is 0.349. The van der Waals surface area contributed by atoms with Crippen molar-refractivity contribution in [3.63, 3.8) is 0 Å². The van der Waals surface area contributed by atoms with Gasteiger partial charge in [0.25, 0.3) is 0 Å². The Labute approximate surface area is 199 Å². The molecule has 0 radical (unpaired) electrons. The second-order valence-electron chi connectivity index (χ2n) is 7.27. The number of hydrogen-bond acceptors (Lipinski definition) is 7. The zero-order valence-electron chi connectivity index (χ0n) is 17.4. The molecule has 0 amide bonds. The number of hydrogen-bond donors (Lipinski definition) is 1. The molecule has 2 aromatic carbocycles. The van der Waals surface area contributed by atoms with Crippen molar-refractivity contribution < 1.29 is 18.6 Å². The van der Waals surface area contributed by atoms with Crippen LogP contribution in [0.2, 0.25) is 10.0 Å². The van der Waals surface area contributed by atoms with Crippen molar-refractivity contribution in [2.75, 3.05) is 25.6 Å². The molecule has 9 heteroatoms. The molecule has 0 spiro atoms. The lowest BCUT2D eigenvalue weighted by Gasteiger charge is -2.14. The molecule has 7 nitrogen and oxygen atoms in total. The molecule has 1 aliphatic heterocycles. The minimum Gasteiger partial charge on any atom is -0.495 e. The lowest BCUT2D eigenvalue weighted by atomic mass is 10.1. The van der Waals surface area contributed by atoms with Crippen LogP contribution in [0.4, 0.5) is 11.4 Å². The third-order valence-corrected chi connectivity index (χ3v) is 5.81. The van der Waals surface area contributed by atoms with Gasteiger partial charge < -0.3 is 23.9 Å². The summed E-state index contributed by atoms with van der Waals surface area (Å²) in [5, 5.41) is 14.4. The maximum Gasteiger partial charge on any atom is 0.217 e. The highest BCUT2D eigenvalue weighted by Gasteiger charge is 2.22. The van der Waals surface area contributed by atoms with Crippen molar-refractivity contribution in [3.05, 3.63) is 70.0 Å². The molecule has 1 N–H and O–H groups in total. The fourth-order valence-electron chi connectivity index (χ4n) is 3.63. The molecule has 5 rings (SSSR count). The van der Waals surface area contributed by atoms with Crippen LogP contribution < -0.4 is 10.1 Å². The first-order chi connectivity index (χ1) is 16.1. The van der Waals surface area contributed by atoms with E-state index in [0.29, 0.717) is 57.4 Å². The van der Waals surface area contributed by atoms with Crippen LogP contribution in [0.15, 0.2) is 52.9 Å². The third kappa shape index (κ3) is 4.22. The van der Waals surface area contributed by atoms with Crippen LogP contribution >= 0.6 is 23.2 Å². The average molecular weight is 482 g/mol. The molecule has 3 heterocycles. The van der Waals surface area contributed by atoms with Gasteiger partial charge in [-0.3, -0.25) is 0 Å². The van der Waals surface area contributed by atoms with Crippen molar-refractivity contribution in [1.29, 1.82) is 5.26 Å². The minimum absolute atomic E-state index is 0.257. The fraction of sp³-hybridized carbons (Fsp3) is 0.167. The summed E-state index contributed by atoms with van der Waals surface area (Å²) in [5.41, 5.74) is 2.95. The number of aromatic nitrogens is 1. The predicted molar refractivity (Wildman–Crippen MR) is 125 cm³/mol. The van der Waals surface area contributed by atoms with Gasteiger partial charge in [-0.15, -0.1) is 0 Å². The van der Waals surface area contributed by atoms with E-state index < -0.39 is 6.29 Å². The summed E-state index contributed by atoms with van der Waals surface area (Å²) in [5.74, 6) is 1.73. The smallest absolute Gasteiger partial charge is 0.217 e. The average Bonchev–Trinajstić information content (AvgIpc) is 3.52. The molecule has 2 aromatic heterocycles. The molecular weight excluding hydrogens is 465 g/mol. The van der Waals surface area contributed by atoms with Crippen molar-refractivity contribution in [2.24, 2.45) is 0 Å². The minimum atomic E-state index is -0.487. The van der Waals surface area contributed by atoms with E-state index in [2.05, 4.69) is 16.4 Å². The second kappa shape index (κ2) is 8.93. The van der Waals surface area contributed by atoms with Crippen LogP contribution in [0, 0.1) is 11.3 Å². The van der Waals surface area contributed by atoms with Gasteiger partial charge in [-0.2, -0.15) is 5.26 Å². The molecule has 0 bridgehead atoms. The van der Waals surface area contributed by atoms with E-state index in [1.165, 1.54) is 7.11 Å². The number of methoxy groups -OCH3 is 1. The number of nitriles is 1. The Balaban J connectivity index is 1.54. The molecule has 1 fully saturated rings. The number of rotatable bonds is 5. The van der Waals surface area contributed by atoms with Crippen molar-refractivity contribution in [1.82, 2.24) is 4.98 Å². The van der Waals surface area contributed by atoms with Crippen molar-refractivity contribution in [2.45, 2.75) is 6.29 Å². The molecule has 166 valence electrons. The Bertz CT molecular complexity index is 1390. The first kappa shape index (κ1) is 21.6. The number of nitrogens with zero attached hydrogens (tertiary/aromatic N) is 2. The molecule has 0 aliphatic carbocycles. The Morgan fingerprint density at radius 3 is 2.61 bits per heavy atom. The maximum atomic E-state index is 9.52. The van der Waals surface area contributed by atoms with E-state index in [-0.39, 0.29) is 5.69 Å². The number of benzene rings is 2. The standard InChI is InChI=1S/C24H17Cl2N3O4/c1-30-23-11-20(16(25)10-17(23)26)29-19-9-14(12-27)28-18-8-13(2-3-15(18)19)21-4-5-22(33-21)24-31-6-7-32-24/h2-5,8-11,24H,6-7H2,1H3,(H,28,29). The Morgan fingerprint density at radius 1 is 1.03 bits per heavy atom. The first-order valence-electron chi connectivity index (χ1n) is 10.0. The van der Waals surface area contributed by atoms with Crippen molar-refractivity contribution in [3.8, 4) is 23.1 Å². The summed E-state index contributed by atoms with van der Waals surface area (Å²) in [6.07, 6.45) is -0.487. The molecule has 33 heavy (non-hydrogen) atoms. The van der Waals surface area contributed by atoms with E-state index >= 15 is 0 Å². The zero-order valence-corrected chi connectivity index (χ0v) is 18.9. The van der Waals surface area contributed by atoms with Crippen LogP contribution in [0.3, 0.4) is 0 Å². The molecular formula is C24H17Cl2N3O4. The first-order valence-corrected chi connectivity index (χ1v) is 10.8. The Morgan fingerprint density at radius 2 is 1.85 bits per heavy atom. The van der Waals surface area contributed by atoms with Gasteiger partial charge in [-0.25, -0.2) is 4.98 Å². The normalized spacial score (nSPS) is 13.9. The van der Waals surface area contributed by atoms with Crippen LogP contribution in [-0.4, -0.2) is 25.3 Å². The fourth-order valence-corrected chi connectivity index (χ4v) is 4.13. The van der Waals surface area contributed by atoms with Gasteiger partial charge in [0.05, 0.1) is 47.3 Å². The lowest BCUT2D eigenvalue weighted by Crippen LogP contribution is -1.97. The zero-order chi connectivity index (χ0) is 22.9. The summed E-state index contributed by atoms with van der Waals surface area (Å²) in [6, 6.07) is 16.5. The van der Waals surface area contributed by atoms with Gasteiger partial charge in [-0.1, -0.05) is 29.3 Å². The van der Waals surface area contributed by atoms with Gasteiger partial charge in [-0.05, 0) is 36.4 Å².